The van der Waals surface area contributed by atoms with Crippen LogP contribution in [0.25, 0.3) is 82.9 Å². The van der Waals surface area contributed by atoms with Gasteiger partial charge >= 0.3 is 0 Å². The van der Waals surface area contributed by atoms with Crippen LogP contribution in [-0.2, 0) is 0 Å². The predicted molar refractivity (Wildman–Crippen MR) is 343 cm³/mol. The van der Waals surface area contributed by atoms with Gasteiger partial charge < -0.3 is 46.0 Å². The number of pyridine rings is 3. The van der Waals surface area contributed by atoms with E-state index in [-0.39, 0.29) is 17.2 Å². The second-order valence-electron chi connectivity index (χ2n) is 20.8. The van der Waals surface area contributed by atoms with E-state index in [4.69, 9.17) is 15.0 Å². The summed E-state index contributed by atoms with van der Waals surface area (Å²) in [6.45, 7) is 8.25. The standard InChI is InChI=1S/C19H21N7OS2.C18H18FN7OS2.C18H18N6OS3/c1-11-8-22-26(10-11)13-7-14(27)15(21-9-13)16-23-17-18(28-16)24-19(29-17)25(2)12-3-5-20-6-4-12;1-25(11-2-4-20-5-3-11)18-24-17-16(29-18)23-15(28-17)14-13(27)6-12(8-21-14)26-9-10(19)7-22-26;1-24(11-2-4-19-5-3-11)18-23-17-16(28-18)22-15(27-17)14-12(25)6-10(7-21-14)13-8-20-9-26-13/h7-10,12,20,27H,3-6H2,1-2H3;6-9,11,20,27H,2-5H2,1H3;6-9,11,19,25H,2-5H2,1H3. The van der Waals surface area contributed by atoms with Crippen LogP contribution in [0.4, 0.5) is 19.8 Å². The summed E-state index contributed by atoms with van der Waals surface area (Å²) < 4.78 is 16.2. The summed E-state index contributed by atoms with van der Waals surface area (Å²) in [7, 11) is 6.32. The maximum atomic E-state index is 13.2. The van der Waals surface area contributed by atoms with E-state index in [1.807, 2.05) is 13.1 Å². The highest BCUT2D eigenvalue weighted by Gasteiger charge is 2.27. The molecule has 31 heteroatoms. The van der Waals surface area contributed by atoms with Crippen molar-refractivity contribution in [2.75, 3.05) is 75.1 Å². The van der Waals surface area contributed by atoms with Gasteiger partial charge in [0.25, 0.3) is 0 Å². The zero-order chi connectivity index (χ0) is 59.0. The molecule has 0 unspecified atom stereocenters. The molecule has 86 heavy (non-hydrogen) atoms. The van der Waals surface area contributed by atoms with Gasteiger partial charge in [-0.15, -0.1) is 11.3 Å². The van der Waals surface area contributed by atoms with Crippen molar-refractivity contribution < 1.29 is 19.7 Å². The lowest BCUT2D eigenvalue weighted by atomic mass is 10.1. The summed E-state index contributed by atoms with van der Waals surface area (Å²) >= 11 is 10.6. The minimum absolute atomic E-state index is 0.0353. The van der Waals surface area contributed by atoms with Crippen LogP contribution >= 0.6 is 79.4 Å². The predicted octanol–water partition coefficient (Wildman–Crippen LogP) is 10.1. The molecule has 23 nitrogen and oxygen atoms in total. The van der Waals surface area contributed by atoms with Gasteiger partial charge in [-0.3, -0.25) is 4.98 Å². The zero-order valence-corrected chi connectivity index (χ0v) is 52.5. The number of halogens is 1. The van der Waals surface area contributed by atoms with Crippen LogP contribution in [0.15, 0.2) is 73.3 Å². The number of aromatic hydroxyl groups is 3. The topological polar surface area (TPSA) is 271 Å². The van der Waals surface area contributed by atoms with Gasteiger partial charge in [0.1, 0.15) is 49.4 Å². The van der Waals surface area contributed by atoms with E-state index in [1.54, 1.807) is 81.1 Å². The molecule has 0 radical (unpaired) electrons. The molecular formula is C55H57FN20O3S7. The smallest absolute Gasteiger partial charge is 0.188 e. The fraction of sp³-hybridized carbons (Fsp3) is 0.345. The number of thiazole rings is 7. The molecule has 12 aromatic rings. The Balaban J connectivity index is 0.000000120. The number of anilines is 3. The fourth-order valence-electron chi connectivity index (χ4n) is 10.3. The van der Waals surface area contributed by atoms with Gasteiger partial charge in [0.15, 0.2) is 50.2 Å². The minimum Gasteiger partial charge on any atom is -0.506 e. The van der Waals surface area contributed by atoms with Crippen molar-refractivity contribution in [3.63, 3.8) is 0 Å². The molecule has 444 valence electrons. The van der Waals surface area contributed by atoms with Crippen molar-refractivity contribution in [1.82, 2.24) is 85.4 Å². The lowest BCUT2D eigenvalue weighted by Crippen LogP contribution is -2.41. The van der Waals surface area contributed by atoms with Crippen LogP contribution in [0.1, 0.15) is 44.1 Å². The molecule has 0 aromatic carbocycles. The number of hydrogen-bond donors (Lipinski definition) is 6. The lowest BCUT2D eigenvalue weighted by Gasteiger charge is -2.31. The summed E-state index contributed by atoms with van der Waals surface area (Å²) in [5.41, 5.74) is 6.19. The average Bonchev–Trinajstić information content (AvgIpc) is 2.03. The van der Waals surface area contributed by atoms with Crippen LogP contribution < -0.4 is 30.7 Å². The Morgan fingerprint density at radius 3 is 1.23 bits per heavy atom. The first kappa shape index (κ1) is 57.7. The molecule has 0 saturated carbocycles. The zero-order valence-electron chi connectivity index (χ0n) is 46.8. The number of aryl methyl sites for hydroxylation is 1. The van der Waals surface area contributed by atoms with Crippen LogP contribution in [0.2, 0.25) is 0 Å². The lowest BCUT2D eigenvalue weighted by molar-refractivity contribution is 0.443. The van der Waals surface area contributed by atoms with Gasteiger partial charge in [-0.05, 0) is 96.3 Å². The maximum Gasteiger partial charge on any atom is 0.188 e. The molecule has 3 aliphatic rings. The third kappa shape index (κ3) is 12.3. The van der Waals surface area contributed by atoms with Crippen LogP contribution in [-0.4, -0.2) is 163 Å². The molecule has 0 atom stereocenters. The fourth-order valence-corrected chi connectivity index (χ4v) is 17.1. The molecule has 3 saturated heterocycles. The molecule has 12 aromatic heterocycles. The number of fused-ring (bicyclic) bond motifs is 3. The molecule has 15 rings (SSSR count). The molecular weight excluding hydrogens is 1230 g/mol. The minimum atomic E-state index is -0.454. The van der Waals surface area contributed by atoms with Gasteiger partial charge in [0.05, 0.1) is 52.7 Å². The van der Waals surface area contributed by atoms with Crippen molar-refractivity contribution >= 4 is 124 Å². The van der Waals surface area contributed by atoms with E-state index in [9.17, 15) is 19.7 Å². The summed E-state index contributed by atoms with van der Waals surface area (Å²) in [4.78, 5) is 58.6. The summed E-state index contributed by atoms with van der Waals surface area (Å²) in [5, 5.41) is 54.7. The number of piperidine rings is 3. The van der Waals surface area contributed by atoms with Gasteiger partial charge in [-0.25, -0.2) is 58.6 Å². The Bertz CT molecular complexity index is 4010. The average molecular weight is 1290 g/mol. The first-order valence-corrected chi connectivity index (χ1v) is 33.5. The van der Waals surface area contributed by atoms with Crippen molar-refractivity contribution in [2.45, 2.75) is 63.6 Å². The molecule has 0 bridgehead atoms. The Morgan fingerprint density at radius 2 is 0.884 bits per heavy atom. The van der Waals surface area contributed by atoms with E-state index in [1.165, 1.54) is 68.5 Å². The molecule has 6 N–H and O–H groups in total. The highest BCUT2D eigenvalue weighted by atomic mass is 32.1. The summed E-state index contributed by atoms with van der Waals surface area (Å²) in [6.07, 6.45) is 19.4. The van der Waals surface area contributed by atoms with Crippen LogP contribution in [0, 0.1) is 12.7 Å². The van der Waals surface area contributed by atoms with Crippen LogP contribution in [0.5, 0.6) is 17.2 Å². The Morgan fingerprint density at radius 1 is 0.488 bits per heavy atom. The summed E-state index contributed by atoms with van der Waals surface area (Å²) in [6, 6.07) is 6.39. The molecule has 15 heterocycles. The van der Waals surface area contributed by atoms with Crippen molar-refractivity contribution in [3.8, 4) is 71.2 Å². The molecule has 3 aliphatic heterocycles. The first-order valence-electron chi connectivity index (χ1n) is 27.7. The molecule has 0 aliphatic carbocycles. The number of aromatic nitrogens is 14. The molecule has 0 spiro atoms. The number of rotatable bonds is 12. The highest BCUT2D eigenvalue weighted by molar-refractivity contribution is 7.31. The van der Waals surface area contributed by atoms with Gasteiger partial charge in [-0.2, -0.15) is 10.2 Å². The Labute approximate surface area is 519 Å². The van der Waals surface area contributed by atoms with Gasteiger partial charge in [-0.1, -0.05) is 68.0 Å². The molecule has 0 amide bonds. The maximum absolute atomic E-state index is 13.2. The highest BCUT2D eigenvalue weighted by Crippen LogP contribution is 2.43. The number of hydrogen-bond acceptors (Lipinski definition) is 28. The molecule has 3 fully saturated rings. The third-order valence-electron chi connectivity index (χ3n) is 15.1. The monoisotopic (exact) mass is 1290 g/mol. The number of nitrogens with one attached hydrogen (secondary N) is 3. The second-order valence-corrected chi connectivity index (χ2v) is 27.5. The van der Waals surface area contributed by atoms with Crippen LogP contribution in [0.3, 0.4) is 0 Å². The second kappa shape index (κ2) is 25.2. The first-order chi connectivity index (χ1) is 41.8. The normalized spacial score (nSPS) is 15.3. The Hall–Kier alpha value is -7.33. The van der Waals surface area contributed by atoms with E-state index in [2.05, 4.69) is 96.9 Å². The number of nitrogens with zero attached hydrogens (tertiary/aromatic N) is 17. The van der Waals surface area contributed by atoms with Crippen molar-refractivity contribution in [1.29, 1.82) is 0 Å². The van der Waals surface area contributed by atoms with E-state index in [0.29, 0.717) is 61.6 Å². The van der Waals surface area contributed by atoms with Gasteiger partial charge in [0, 0.05) is 75.6 Å². The third-order valence-corrected chi connectivity index (χ3v) is 22.3. The van der Waals surface area contributed by atoms with Crippen molar-refractivity contribution in [2.24, 2.45) is 0 Å². The van der Waals surface area contributed by atoms with Crippen molar-refractivity contribution in [3.05, 3.63) is 84.7 Å². The summed E-state index contributed by atoms with van der Waals surface area (Å²) in [5.74, 6) is -0.277. The van der Waals surface area contributed by atoms with E-state index >= 15 is 0 Å². The van der Waals surface area contributed by atoms with E-state index < -0.39 is 5.82 Å². The Kier molecular flexibility index (Phi) is 16.9. The van der Waals surface area contributed by atoms with E-state index in [0.717, 1.165) is 144 Å². The largest absolute Gasteiger partial charge is 0.506 e. The quantitative estimate of drug-likeness (QED) is 0.0664. The SMILES string of the molecule is CN(c1nc2sc(-c3ncc(-c4cncs4)cc3O)nc2s1)C1CCNCC1.CN(c1nc2sc(-c3ncc(-n4cc(F)cn4)cc3O)nc2s1)C1CCNCC1.Cc1cnn(-c2cnc(-c3nc4sc(N(C)C5CCNCC5)nc4s3)c(O)c2)c1. The van der Waals surface area contributed by atoms with Gasteiger partial charge in [0.2, 0.25) is 0 Å².